The number of anilines is 1. The minimum atomic E-state index is 0. The number of rotatable bonds is 1. The Morgan fingerprint density at radius 2 is 2.00 bits per heavy atom. The van der Waals surface area contributed by atoms with Crippen molar-refractivity contribution < 1.29 is 0 Å². The minimum Gasteiger partial charge on any atom is -0.324 e. The van der Waals surface area contributed by atoms with Gasteiger partial charge in [-0.3, -0.25) is 5.84 Å². The van der Waals surface area contributed by atoms with Crippen LogP contribution in [0.25, 0.3) is 0 Å². The van der Waals surface area contributed by atoms with Gasteiger partial charge in [-0.2, -0.15) is 0 Å². The van der Waals surface area contributed by atoms with Crippen molar-refractivity contribution in [2.75, 3.05) is 5.43 Å². The number of aryl methyl sites for hydroxylation is 1. The number of benzene rings is 1. The monoisotopic (exact) mass is 192 g/mol. The summed E-state index contributed by atoms with van der Waals surface area (Å²) in [5.74, 6) is 5.18. The van der Waals surface area contributed by atoms with Gasteiger partial charge < -0.3 is 5.43 Å². The maximum atomic E-state index is 5.73. The lowest BCUT2D eigenvalue weighted by molar-refractivity contribution is 1.33. The van der Waals surface area contributed by atoms with Crippen LogP contribution >= 0.6 is 24.0 Å². The summed E-state index contributed by atoms with van der Waals surface area (Å²) >= 11 is 5.73. The quantitative estimate of drug-likeness (QED) is 0.530. The van der Waals surface area contributed by atoms with Crippen molar-refractivity contribution in [2.24, 2.45) is 5.84 Å². The lowest BCUT2D eigenvalue weighted by Gasteiger charge is -2.00. The standard InChI is InChI=1S/C7H9ClN2.ClH/c1-5-2-6(8)4-7(3-5)10-9;/h2-4,10H,9H2,1H3;1H. The molecule has 0 saturated heterocycles. The number of nitrogen functional groups attached to an aromatic ring is 1. The summed E-state index contributed by atoms with van der Waals surface area (Å²) in [6, 6.07) is 5.57. The summed E-state index contributed by atoms with van der Waals surface area (Å²) in [6.07, 6.45) is 0. The third-order valence-electron chi connectivity index (χ3n) is 1.21. The van der Waals surface area contributed by atoms with E-state index in [4.69, 9.17) is 17.4 Å². The third-order valence-corrected chi connectivity index (χ3v) is 1.43. The fourth-order valence-electron chi connectivity index (χ4n) is 0.820. The van der Waals surface area contributed by atoms with Gasteiger partial charge in [0.05, 0.1) is 5.69 Å². The van der Waals surface area contributed by atoms with E-state index in [0.29, 0.717) is 5.02 Å². The second kappa shape index (κ2) is 4.44. The van der Waals surface area contributed by atoms with Crippen molar-refractivity contribution in [3.8, 4) is 0 Å². The van der Waals surface area contributed by atoms with E-state index < -0.39 is 0 Å². The van der Waals surface area contributed by atoms with Crippen molar-refractivity contribution in [3.63, 3.8) is 0 Å². The summed E-state index contributed by atoms with van der Waals surface area (Å²) in [5, 5.41) is 0.702. The van der Waals surface area contributed by atoms with Crippen LogP contribution in [0.4, 0.5) is 5.69 Å². The second-order valence-corrected chi connectivity index (χ2v) is 2.60. The SMILES string of the molecule is Cc1cc(Cl)cc(NN)c1.Cl. The molecular formula is C7H10Cl2N2. The molecule has 0 aromatic heterocycles. The highest BCUT2D eigenvalue weighted by molar-refractivity contribution is 6.30. The highest BCUT2D eigenvalue weighted by Crippen LogP contribution is 2.16. The van der Waals surface area contributed by atoms with Gasteiger partial charge in [0.25, 0.3) is 0 Å². The van der Waals surface area contributed by atoms with Crippen molar-refractivity contribution in [3.05, 3.63) is 28.8 Å². The zero-order chi connectivity index (χ0) is 7.56. The Morgan fingerprint density at radius 3 is 2.45 bits per heavy atom. The highest BCUT2D eigenvalue weighted by atomic mass is 35.5. The molecule has 4 heteroatoms. The molecule has 0 amide bonds. The van der Waals surface area contributed by atoms with Crippen molar-refractivity contribution in [1.82, 2.24) is 0 Å². The summed E-state index contributed by atoms with van der Waals surface area (Å²) in [4.78, 5) is 0. The molecule has 0 heterocycles. The van der Waals surface area contributed by atoms with E-state index in [1.807, 2.05) is 19.1 Å². The Morgan fingerprint density at radius 1 is 1.36 bits per heavy atom. The number of halogens is 2. The molecule has 0 unspecified atom stereocenters. The van der Waals surface area contributed by atoms with E-state index >= 15 is 0 Å². The van der Waals surface area contributed by atoms with Crippen LogP contribution < -0.4 is 11.3 Å². The molecule has 0 bridgehead atoms. The van der Waals surface area contributed by atoms with E-state index in [1.54, 1.807) is 6.07 Å². The van der Waals surface area contributed by atoms with E-state index in [-0.39, 0.29) is 12.4 Å². The molecule has 0 saturated carbocycles. The Labute approximate surface area is 77.1 Å². The van der Waals surface area contributed by atoms with Gasteiger partial charge in [0.2, 0.25) is 0 Å². The Hall–Kier alpha value is -0.440. The summed E-state index contributed by atoms with van der Waals surface area (Å²) in [6.45, 7) is 1.96. The number of nitrogens with two attached hydrogens (primary N) is 1. The second-order valence-electron chi connectivity index (χ2n) is 2.16. The Balaban J connectivity index is 0.000001000. The number of hydrogen-bond acceptors (Lipinski definition) is 2. The van der Waals surface area contributed by atoms with Crippen LogP contribution in [0.1, 0.15) is 5.56 Å². The highest BCUT2D eigenvalue weighted by Gasteiger charge is 1.92. The van der Waals surface area contributed by atoms with Crippen LogP contribution in [0.2, 0.25) is 5.02 Å². The molecule has 0 aliphatic heterocycles. The molecule has 1 rings (SSSR count). The molecule has 0 aliphatic rings. The number of nitrogens with one attached hydrogen (secondary N) is 1. The first-order valence-electron chi connectivity index (χ1n) is 2.96. The first-order chi connectivity index (χ1) is 4.72. The van der Waals surface area contributed by atoms with Gasteiger partial charge in [0, 0.05) is 5.02 Å². The molecule has 0 spiro atoms. The average molecular weight is 193 g/mol. The fraction of sp³-hybridized carbons (Fsp3) is 0.143. The molecule has 62 valence electrons. The first kappa shape index (κ1) is 10.6. The number of hydrazine groups is 1. The first-order valence-corrected chi connectivity index (χ1v) is 3.34. The normalized spacial score (nSPS) is 8.64. The zero-order valence-electron chi connectivity index (χ0n) is 6.10. The average Bonchev–Trinajstić information content (AvgIpc) is 1.85. The van der Waals surface area contributed by atoms with Gasteiger partial charge in [-0.25, -0.2) is 0 Å². The van der Waals surface area contributed by atoms with E-state index in [0.717, 1.165) is 11.3 Å². The summed E-state index contributed by atoms with van der Waals surface area (Å²) in [7, 11) is 0. The predicted octanol–water partition coefficient (Wildman–Crippen LogP) is 2.36. The van der Waals surface area contributed by atoms with Gasteiger partial charge >= 0.3 is 0 Å². The third kappa shape index (κ3) is 2.97. The lowest BCUT2D eigenvalue weighted by atomic mass is 10.2. The topological polar surface area (TPSA) is 38.0 Å². The van der Waals surface area contributed by atoms with Crippen LogP contribution in [0, 0.1) is 6.92 Å². The molecule has 0 fully saturated rings. The van der Waals surface area contributed by atoms with E-state index in [1.165, 1.54) is 0 Å². The predicted molar refractivity (Wildman–Crippen MR) is 51.2 cm³/mol. The molecule has 3 N–H and O–H groups in total. The lowest BCUT2D eigenvalue weighted by Crippen LogP contribution is -2.06. The zero-order valence-corrected chi connectivity index (χ0v) is 7.67. The van der Waals surface area contributed by atoms with E-state index in [9.17, 15) is 0 Å². The Bertz CT molecular complexity index is 218. The molecule has 0 radical (unpaired) electrons. The van der Waals surface area contributed by atoms with Gasteiger partial charge in [-0.05, 0) is 30.7 Å². The molecule has 0 atom stereocenters. The molecule has 11 heavy (non-hydrogen) atoms. The van der Waals surface area contributed by atoms with Gasteiger partial charge in [-0.15, -0.1) is 12.4 Å². The molecule has 0 aliphatic carbocycles. The molecule has 2 nitrogen and oxygen atoms in total. The summed E-state index contributed by atoms with van der Waals surface area (Å²) < 4.78 is 0. The van der Waals surface area contributed by atoms with Crippen molar-refractivity contribution in [1.29, 1.82) is 0 Å². The van der Waals surface area contributed by atoms with Crippen LogP contribution in [0.5, 0.6) is 0 Å². The summed E-state index contributed by atoms with van der Waals surface area (Å²) in [5.41, 5.74) is 4.46. The maximum Gasteiger partial charge on any atom is 0.0502 e. The van der Waals surface area contributed by atoms with Gasteiger partial charge in [0.1, 0.15) is 0 Å². The van der Waals surface area contributed by atoms with Crippen molar-refractivity contribution >= 4 is 29.7 Å². The minimum absolute atomic E-state index is 0. The van der Waals surface area contributed by atoms with Crippen LogP contribution in [0.15, 0.2) is 18.2 Å². The molecule has 1 aromatic rings. The molecule has 1 aromatic carbocycles. The largest absolute Gasteiger partial charge is 0.324 e. The van der Waals surface area contributed by atoms with Crippen LogP contribution in [0.3, 0.4) is 0 Å². The van der Waals surface area contributed by atoms with Gasteiger partial charge in [0.15, 0.2) is 0 Å². The molecular weight excluding hydrogens is 183 g/mol. The van der Waals surface area contributed by atoms with Gasteiger partial charge in [-0.1, -0.05) is 11.6 Å². The van der Waals surface area contributed by atoms with E-state index in [2.05, 4.69) is 5.43 Å². The Kier molecular flexibility index (Phi) is 4.26. The smallest absolute Gasteiger partial charge is 0.0502 e. The van der Waals surface area contributed by atoms with Crippen LogP contribution in [-0.2, 0) is 0 Å². The van der Waals surface area contributed by atoms with Crippen LogP contribution in [-0.4, -0.2) is 0 Å². The number of hydrogen-bond donors (Lipinski definition) is 2. The van der Waals surface area contributed by atoms with Crippen molar-refractivity contribution in [2.45, 2.75) is 6.92 Å². The maximum absolute atomic E-state index is 5.73. The fourth-order valence-corrected chi connectivity index (χ4v) is 1.11.